The standard InChI is InChI=1S/C21H19N7O3/c1-13-17(31-15-5-8-23-16(9-15)14-10-24-28(2)11-14)3-4-18(25-13)26-20(30)27-19(29)21(12-22)6-7-21/h3-5,8-11H,6-7H2,1-2H3,(H2,25,26,27,29,30). The van der Waals surface area contributed by atoms with Crippen molar-refractivity contribution in [2.24, 2.45) is 12.5 Å². The Bertz CT molecular complexity index is 1210. The van der Waals surface area contributed by atoms with E-state index in [4.69, 9.17) is 10.00 Å². The van der Waals surface area contributed by atoms with E-state index in [2.05, 4.69) is 25.7 Å². The van der Waals surface area contributed by atoms with Crippen LogP contribution in [0.25, 0.3) is 11.3 Å². The maximum Gasteiger partial charge on any atom is 0.327 e. The molecule has 31 heavy (non-hydrogen) atoms. The van der Waals surface area contributed by atoms with Crippen LogP contribution in [0, 0.1) is 23.7 Å². The van der Waals surface area contributed by atoms with Crippen molar-refractivity contribution in [2.75, 3.05) is 5.32 Å². The van der Waals surface area contributed by atoms with Crippen molar-refractivity contribution in [1.82, 2.24) is 25.1 Å². The zero-order chi connectivity index (χ0) is 22.0. The molecule has 2 N–H and O–H groups in total. The summed E-state index contributed by atoms with van der Waals surface area (Å²) in [5, 5.41) is 17.8. The van der Waals surface area contributed by atoms with Crippen molar-refractivity contribution in [3.8, 4) is 28.8 Å². The molecule has 0 radical (unpaired) electrons. The van der Waals surface area contributed by atoms with Crippen LogP contribution in [0.5, 0.6) is 11.5 Å². The van der Waals surface area contributed by atoms with Crippen molar-refractivity contribution in [1.29, 1.82) is 5.26 Å². The number of carbonyl (C=O) groups is 2. The van der Waals surface area contributed by atoms with Crippen molar-refractivity contribution >= 4 is 17.8 Å². The summed E-state index contributed by atoms with van der Waals surface area (Å²) in [6, 6.07) is 7.97. The average Bonchev–Trinajstić information content (AvgIpc) is 3.44. The highest BCUT2D eigenvalue weighted by Crippen LogP contribution is 2.44. The van der Waals surface area contributed by atoms with Gasteiger partial charge in [0, 0.05) is 31.1 Å². The van der Waals surface area contributed by atoms with Crippen molar-refractivity contribution < 1.29 is 14.3 Å². The van der Waals surface area contributed by atoms with Gasteiger partial charge in [-0.05, 0) is 38.0 Å². The second-order valence-electron chi connectivity index (χ2n) is 7.26. The van der Waals surface area contributed by atoms with Gasteiger partial charge in [0.2, 0.25) is 5.91 Å². The number of aromatic nitrogens is 4. The Morgan fingerprint density at radius 2 is 2.10 bits per heavy atom. The number of ether oxygens (including phenoxy) is 1. The highest BCUT2D eigenvalue weighted by Gasteiger charge is 2.51. The molecule has 1 aliphatic carbocycles. The molecule has 3 aromatic heterocycles. The number of nitrogens with zero attached hydrogens (tertiary/aromatic N) is 5. The minimum atomic E-state index is -1.07. The molecule has 3 amide bonds. The smallest absolute Gasteiger partial charge is 0.327 e. The number of anilines is 1. The highest BCUT2D eigenvalue weighted by molar-refractivity contribution is 6.04. The van der Waals surface area contributed by atoms with Crippen molar-refractivity contribution in [3.63, 3.8) is 0 Å². The molecule has 1 saturated carbocycles. The van der Waals surface area contributed by atoms with E-state index in [9.17, 15) is 9.59 Å². The predicted octanol–water partition coefficient (Wildman–Crippen LogP) is 2.93. The number of imide groups is 1. The summed E-state index contributed by atoms with van der Waals surface area (Å²) >= 11 is 0. The first-order chi connectivity index (χ1) is 14.9. The number of hydrogen-bond donors (Lipinski definition) is 2. The van der Waals surface area contributed by atoms with Crippen molar-refractivity contribution in [3.05, 3.63) is 48.5 Å². The van der Waals surface area contributed by atoms with E-state index < -0.39 is 17.4 Å². The number of nitrogens with one attached hydrogen (secondary N) is 2. The van der Waals surface area contributed by atoms with Crippen molar-refractivity contribution in [2.45, 2.75) is 19.8 Å². The molecule has 0 bridgehead atoms. The van der Waals surface area contributed by atoms with Gasteiger partial charge in [0.15, 0.2) is 0 Å². The molecule has 0 saturated heterocycles. The molecule has 1 aliphatic rings. The second-order valence-corrected chi connectivity index (χ2v) is 7.26. The van der Waals surface area contributed by atoms with Gasteiger partial charge in [-0.2, -0.15) is 10.4 Å². The van der Waals surface area contributed by atoms with Gasteiger partial charge in [0.25, 0.3) is 0 Å². The number of urea groups is 1. The number of hydrogen-bond acceptors (Lipinski definition) is 7. The van der Waals surface area contributed by atoms with E-state index in [0.29, 0.717) is 30.0 Å². The maximum atomic E-state index is 12.0. The Labute approximate surface area is 177 Å². The lowest BCUT2D eigenvalue weighted by Crippen LogP contribution is -2.39. The first kappa shape index (κ1) is 20.0. The predicted molar refractivity (Wildman–Crippen MR) is 110 cm³/mol. The number of rotatable bonds is 5. The fourth-order valence-electron chi connectivity index (χ4n) is 2.92. The van der Waals surface area contributed by atoms with E-state index in [-0.39, 0.29) is 5.82 Å². The lowest BCUT2D eigenvalue weighted by atomic mass is 10.1. The molecule has 0 unspecified atom stereocenters. The number of pyridine rings is 2. The van der Waals surface area contributed by atoms with E-state index in [0.717, 1.165) is 11.3 Å². The average molecular weight is 417 g/mol. The lowest BCUT2D eigenvalue weighted by Gasteiger charge is -2.11. The Morgan fingerprint density at radius 3 is 2.74 bits per heavy atom. The van der Waals surface area contributed by atoms with E-state index in [1.165, 1.54) is 0 Å². The van der Waals surface area contributed by atoms with Gasteiger partial charge in [-0.1, -0.05) is 0 Å². The first-order valence-corrected chi connectivity index (χ1v) is 9.53. The number of nitriles is 1. The third kappa shape index (κ3) is 4.35. The highest BCUT2D eigenvalue weighted by atomic mass is 16.5. The van der Waals surface area contributed by atoms with Crippen LogP contribution in [-0.4, -0.2) is 31.7 Å². The summed E-state index contributed by atoms with van der Waals surface area (Å²) in [5.41, 5.74) is 1.06. The summed E-state index contributed by atoms with van der Waals surface area (Å²) < 4.78 is 7.62. The Balaban J connectivity index is 1.42. The molecule has 156 valence electrons. The Hall–Kier alpha value is -4.26. The molecular formula is C21H19N7O3. The van der Waals surface area contributed by atoms with Gasteiger partial charge < -0.3 is 4.74 Å². The molecular weight excluding hydrogens is 398 g/mol. The lowest BCUT2D eigenvalue weighted by molar-refractivity contribution is -0.123. The Kier molecular flexibility index (Phi) is 5.09. The molecule has 0 aromatic carbocycles. The maximum absolute atomic E-state index is 12.0. The topological polar surface area (TPSA) is 135 Å². The van der Waals surface area contributed by atoms with Gasteiger partial charge in [-0.15, -0.1) is 0 Å². The quantitative estimate of drug-likeness (QED) is 0.651. The van der Waals surface area contributed by atoms with Crippen LogP contribution in [0.3, 0.4) is 0 Å². The summed E-state index contributed by atoms with van der Waals surface area (Å²) in [7, 11) is 1.83. The van der Waals surface area contributed by atoms with Gasteiger partial charge >= 0.3 is 6.03 Å². The van der Waals surface area contributed by atoms with Gasteiger partial charge in [-0.25, -0.2) is 9.78 Å². The molecule has 0 atom stereocenters. The molecule has 0 aliphatic heterocycles. The number of amides is 3. The van der Waals surface area contributed by atoms with Crippen LogP contribution < -0.4 is 15.4 Å². The summed E-state index contributed by atoms with van der Waals surface area (Å²) in [5.74, 6) is 0.745. The molecule has 1 fully saturated rings. The van der Waals surface area contributed by atoms with Crippen LogP contribution >= 0.6 is 0 Å². The van der Waals surface area contributed by atoms with Crippen LogP contribution in [0.15, 0.2) is 42.9 Å². The molecule has 3 heterocycles. The molecule has 10 nitrogen and oxygen atoms in total. The number of carbonyl (C=O) groups excluding carboxylic acids is 2. The second kappa shape index (κ2) is 7.87. The van der Waals surface area contributed by atoms with Crippen LogP contribution in [0.2, 0.25) is 0 Å². The summed E-state index contributed by atoms with van der Waals surface area (Å²) in [6.07, 6.45) is 6.15. The SMILES string of the molecule is Cc1nc(NC(=O)NC(=O)C2(C#N)CC2)ccc1Oc1ccnc(-c2cnn(C)c2)c1. The monoisotopic (exact) mass is 417 g/mol. The number of aryl methyl sites for hydroxylation is 2. The third-order valence-corrected chi connectivity index (χ3v) is 4.86. The van der Waals surface area contributed by atoms with Crippen LogP contribution in [0.1, 0.15) is 18.5 Å². The normalized spacial score (nSPS) is 13.7. The van der Waals surface area contributed by atoms with E-state index in [1.807, 2.05) is 19.3 Å². The summed E-state index contributed by atoms with van der Waals surface area (Å²) in [4.78, 5) is 32.6. The first-order valence-electron chi connectivity index (χ1n) is 9.53. The zero-order valence-electron chi connectivity index (χ0n) is 16.9. The zero-order valence-corrected chi connectivity index (χ0v) is 16.9. The van der Waals surface area contributed by atoms with E-state index >= 15 is 0 Å². The van der Waals surface area contributed by atoms with Gasteiger partial charge in [-0.3, -0.25) is 25.1 Å². The van der Waals surface area contributed by atoms with Gasteiger partial charge in [0.1, 0.15) is 22.7 Å². The largest absolute Gasteiger partial charge is 0.455 e. The van der Waals surface area contributed by atoms with E-state index in [1.54, 1.807) is 48.3 Å². The molecule has 3 aromatic rings. The minimum absolute atomic E-state index is 0.253. The molecule has 4 rings (SSSR count). The fourth-order valence-corrected chi connectivity index (χ4v) is 2.92. The third-order valence-electron chi connectivity index (χ3n) is 4.86. The molecule has 10 heteroatoms. The van der Waals surface area contributed by atoms with Gasteiger partial charge in [0.05, 0.1) is 23.7 Å². The Morgan fingerprint density at radius 1 is 1.29 bits per heavy atom. The summed E-state index contributed by atoms with van der Waals surface area (Å²) in [6.45, 7) is 1.74. The molecule has 0 spiro atoms. The van der Waals surface area contributed by atoms with Crippen LogP contribution in [-0.2, 0) is 11.8 Å². The van der Waals surface area contributed by atoms with Crippen LogP contribution in [0.4, 0.5) is 10.6 Å². The minimum Gasteiger partial charge on any atom is -0.455 e. The fraction of sp³-hybridized carbons (Fsp3) is 0.238.